The van der Waals surface area contributed by atoms with E-state index < -0.39 is 48.4 Å². The van der Waals surface area contributed by atoms with Gasteiger partial charge in [-0.3, -0.25) is 28.8 Å². The van der Waals surface area contributed by atoms with Crippen molar-refractivity contribution in [3.8, 4) is 0 Å². The van der Waals surface area contributed by atoms with Gasteiger partial charge in [0.05, 0.1) is 24.4 Å². The highest BCUT2D eigenvalue weighted by Crippen LogP contribution is 2.17. The van der Waals surface area contributed by atoms with Gasteiger partial charge in [0, 0.05) is 60.0 Å². The molecule has 0 aromatic heterocycles. The highest BCUT2D eigenvalue weighted by Gasteiger charge is 2.34. The Kier molecular flexibility index (Phi) is 11.6. The summed E-state index contributed by atoms with van der Waals surface area (Å²) < 4.78 is 4.75. The number of aliphatic hydroxyl groups is 2. The second kappa shape index (κ2) is 13.6. The number of carbonyl (C=O) groups excluding carboxylic acids is 4. The van der Waals surface area contributed by atoms with Crippen LogP contribution in [-0.4, -0.2) is 131 Å². The highest BCUT2D eigenvalue weighted by molar-refractivity contribution is 5.87. The SMILES string of the molecule is CN1CC(C(=O)O)CC1=O.CN1CC(C(=O)O)CC1=O.CN1CC(C(=O)OCC(O)CO)CC1=O. The number of carboxylic acid groups (broad SMARTS) is 2. The van der Waals surface area contributed by atoms with Crippen LogP contribution in [0.3, 0.4) is 0 Å². The summed E-state index contributed by atoms with van der Waals surface area (Å²) >= 11 is 0. The minimum absolute atomic E-state index is 0.0765. The van der Waals surface area contributed by atoms with Gasteiger partial charge in [0.25, 0.3) is 0 Å². The van der Waals surface area contributed by atoms with Gasteiger partial charge < -0.3 is 39.9 Å². The molecule has 0 aliphatic carbocycles. The smallest absolute Gasteiger partial charge is 0.311 e. The molecule has 4 unspecified atom stereocenters. The Morgan fingerprint density at radius 3 is 1.37 bits per heavy atom. The molecular weight excluding hydrogens is 470 g/mol. The maximum atomic E-state index is 11.4. The van der Waals surface area contributed by atoms with Crippen molar-refractivity contribution in [2.75, 3.05) is 54.0 Å². The summed E-state index contributed by atoms with van der Waals surface area (Å²) in [6.45, 7) is 0.385. The molecule has 3 rings (SSSR count). The summed E-state index contributed by atoms with van der Waals surface area (Å²) in [4.78, 5) is 69.0. The lowest BCUT2D eigenvalue weighted by molar-refractivity contribution is -0.152. The van der Waals surface area contributed by atoms with E-state index in [9.17, 15) is 28.8 Å². The number of carbonyl (C=O) groups is 6. The van der Waals surface area contributed by atoms with E-state index >= 15 is 0 Å². The molecule has 3 fully saturated rings. The number of aliphatic hydroxyl groups excluding tert-OH is 2. The molecule has 14 nitrogen and oxygen atoms in total. The van der Waals surface area contributed by atoms with E-state index in [1.807, 2.05) is 0 Å². The first-order valence-corrected chi connectivity index (χ1v) is 10.9. The minimum atomic E-state index is -1.05. The second-order valence-corrected chi connectivity index (χ2v) is 8.67. The van der Waals surface area contributed by atoms with Gasteiger partial charge in [-0.15, -0.1) is 0 Å². The van der Waals surface area contributed by atoms with Gasteiger partial charge in [-0.25, -0.2) is 0 Å². The topological polar surface area (TPSA) is 202 Å². The number of likely N-dealkylation sites (tertiary alicyclic amines) is 3. The van der Waals surface area contributed by atoms with Gasteiger partial charge in [-0.1, -0.05) is 0 Å². The van der Waals surface area contributed by atoms with Gasteiger partial charge in [-0.2, -0.15) is 0 Å². The first kappa shape index (κ1) is 29.8. The molecule has 0 saturated carbocycles. The van der Waals surface area contributed by atoms with Crippen LogP contribution in [0.25, 0.3) is 0 Å². The number of hydrogen-bond acceptors (Lipinski definition) is 9. The van der Waals surface area contributed by atoms with E-state index in [0.29, 0.717) is 19.6 Å². The van der Waals surface area contributed by atoms with Crippen molar-refractivity contribution in [1.82, 2.24) is 14.7 Å². The third-order valence-corrected chi connectivity index (χ3v) is 5.68. The van der Waals surface area contributed by atoms with Crippen LogP contribution in [0.2, 0.25) is 0 Å². The fourth-order valence-electron chi connectivity index (χ4n) is 3.43. The lowest BCUT2D eigenvalue weighted by atomic mass is 10.1. The van der Waals surface area contributed by atoms with Gasteiger partial charge >= 0.3 is 17.9 Å². The molecule has 3 amide bonds. The molecule has 0 spiro atoms. The van der Waals surface area contributed by atoms with Crippen LogP contribution in [0.1, 0.15) is 19.3 Å². The molecule has 3 aliphatic heterocycles. The first-order valence-electron chi connectivity index (χ1n) is 10.9. The van der Waals surface area contributed by atoms with E-state index in [1.54, 1.807) is 21.1 Å². The van der Waals surface area contributed by atoms with Crippen LogP contribution >= 0.6 is 0 Å². The summed E-state index contributed by atoms with van der Waals surface area (Å²) in [5, 5.41) is 34.4. The van der Waals surface area contributed by atoms with E-state index in [0.717, 1.165) is 0 Å². The summed E-state index contributed by atoms with van der Waals surface area (Å²) in [5.74, 6) is -3.92. The molecule has 3 heterocycles. The molecule has 3 saturated heterocycles. The molecule has 0 radical (unpaired) electrons. The summed E-state index contributed by atoms with van der Waals surface area (Å²) in [6, 6.07) is 0. The number of hydrogen-bond donors (Lipinski definition) is 4. The molecule has 14 heteroatoms. The van der Waals surface area contributed by atoms with E-state index in [2.05, 4.69) is 0 Å². The molecule has 4 atom stereocenters. The predicted octanol–water partition coefficient (Wildman–Crippen LogP) is -2.54. The van der Waals surface area contributed by atoms with Crippen molar-refractivity contribution >= 4 is 35.6 Å². The van der Waals surface area contributed by atoms with Gasteiger partial charge in [0.1, 0.15) is 12.7 Å². The Labute approximate surface area is 202 Å². The fraction of sp³-hybridized carbons (Fsp3) is 0.714. The van der Waals surface area contributed by atoms with Crippen LogP contribution < -0.4 is 0 Å². The quantitative estimate of drug-likeness (QED) is 0.278. The lowest BCUT2D eigenvalue weighted by Gasteiger charge is -2.12. The maximum absolute atomic E-state index is 11.4. The average Bonchev–Trinajstić information content (AvgIpc) is 3.44. The fourth-order valence-corrected chi connectivity index (χ4v) is 3.43. The average molecular weight is 504 g/mol. The molecule has 198 valence electrons. The van der Waals surface area contributed by atoms with E-state index in [4.69, 9.17) is 25.2 Å². The largest absolute Gasteiger partial charge is 0.481 e. The van der Waals surface area contributed by atoms with Gasteiger partial charge in [0.15, 0.2) is 0 Å². The number of rotatable bonds is 6. The zero-order valence-electron chi connectivity index (χ0n) is 20.0. The van der Waals surface area contributed by atoms with Gasteiger partial charge in [-0.05, 0) is 0 Å². The third-order valence-electron chi connectivity index (χ3n) is 5.68. The summed E-state index contributed by atoms with van der Waals surface area (Å²) in [5.41, 5.74) is 0. The summed E-state index contributed by atoms with van der Waals surface area (Å²) in [6.07, 6.45) is -0.578. The Bertz CT molecular complexity index is 778. The van der Waals surface area contributed by atoms with Crippen molar-refractivity contribution in [2.24, 2.45) is 17.8 Å². The zero-order chi connectivity index (χ0) is 26.9. The van der Waals surface area contributed by atoms with E-state index in [1.165, 1.54) is 14.7 Å². The normalized spacial score (nSPS) is 24.4. The number of nitrogens with zero attached hydrogens (tertiary/aromatic N) is 3. The summed E-state index contributed by atoms with van der Waals surface area (Å²) in [7, 11) is 4.86. The minimum Gasteiger partial charge on any atom is -0.481 e. The van der Waals surface area contributed by atoms with Crippen LogP contribution in [-0.2, 0) is 33.5 Å². The monoisotopic (exact) mass is 503 g/mol. The van der Waals surface area contributed by atoms with Gasteiger partial charge in [0.2, 0.25) is 17.7 Å². The predicted molar refractivity (Wildman–Crippen MR) is 117 cm³/mol. The van der Waals surface area contributed by atoms with Crippen LogP contribution in [0.5, 0.6) is 0 Å². The molecule has 0 aromatic carbocycles. The first-order chi connectivity index (χ1) is 16.3. The Morgan fingerprint density at radius 2 is 1.14 bits per heavy atom. The highest BCUT2D eigenvalue weighted by atomic mass is 16.5. The number of carboxylic acids is 2. The zero-order valence-corrected chi connectivity index (χ0v) is 20.0. The molecular formula is C21H33N3O11. The van der Waals surface area contributed by atoms with Crippen LogP contribution in [0, 0.1) is 17.8 Å². The third kappa shape index (κ3) is 9.48. The Balaban J connectivity index is 0.000000271. The van der Waals surface area contributed by atoms with Crippen molar-refractivity contribution in [1.29, 1.82) is 0 Å². The second-order valence-electron chi connectivity index (χ2n) is 8.67. The lowest BCUT2D eigenvalue weighted by Crippen LogP contribution is -2.27. The standard InChI is InChI=1S/C9H15NO5.2C6H9NO3/c1-10-3-6(2-8(10)13)9(14)15-5-7(12)4-11;2*1-7-3-4(6(9)10)2-5(7)8/h6-7,11-12H,2-5H2,1H3;2*4H,2-3H2,1H3,(H,9,10). The molecule has 4 N–H and O–H groups in total. The Hall–Kier alpha value is -3.26. The maximum Gasteiger partial charge on any atom is 0.311 e. The Morgan fingerprint density at radius 1 is 0.800 bits per heavy atom. The van der Waals surface area contributed by atoms with Crippen LogP contribution in [0.15, 0.2) is 0 Å². The number of amides is 3. The van der Waals surface area contributed by atoms with E-state index in [-0.39, 0.29) is 43.6 Å². The van der Waals surface area contributed by atoms with Crippen molar-refractivity contribution in [2.45, 2.75) is 25.4 Å². The number of esters is 1. The number of ether oxygens (including phenoxy) is 1. The van der Waals surface area contributed by atoms with Crippen molar-refractivity contribution in [3.63, 3.8) is 0 Å². The van der Waals surface area contributed by atoms with Crippen molar-refractivity contribution in [3.05, 3.63) is 0 Å². The molecule has 0 aromatic rings. The molecule has 35 heavy (non-hydrogen) atoms. The van der Waals surface area contributed by atoms with Crippen molar-refractivity contribution < 1.29 is 53.9 Å². The molecule has 0 bridgehead atoms. The molecule has 3 aliphatic rings. The number of aliphatic carboxylic acids is 2. The van der Waals surface area contributed by atoms with Crippen LogP contribution in [0.4, 0.5) is 0 Å².